The molecule has 0 aromatic carbocycles. The minimum Gasteiger partial charge on any atom is -0.335 e. The van der Waals surface area contributed by atoms with Gasteiger partial charge >= 0.3 is 6.03 Å². The fourth-order valence-corrected chi connectivity index (χ4v) is 1.49. The van der Waals surface area contributed by atoms with Crippen LogP contribution in [0.1, 0.15) is 39.0 Å². The van der Waals surface area contributed by atoms with Crippen LogP contribution in [0.15, 0.2) is 0 Å². The predicted molar refractivity (Wildman–Crippen MR) is 48.5 cm³/mol. The lowest BCUT2D eigenvalue weighted by Crippen LogP contribution is -2.39. The predicted octanol–water partition coefficient (Wildman–Crippen LogP) is 1.80. The lowest BCUT2D eigenvalue weighted by atomic mass is 10.2. The largest absolute Gasteiger partial charge is 0.335 e. The van der Waals surface area contributed by atoms with Gasteiger partial charge < -0.3 is 10.6 Å². The molecule has 0 atom stereocenters. The molecule has 0 aromatic rings. The average Bonchev–Trinajstić information content (AvgIpc) is 2.53. The highest BCUT2D eigenvalue weighted by Crippen LogP contribution is 2.17. The Hall–Kier alpha value is -0.730. The summed E-state index contributed by atoms with van der Waals surface area (Å²) >= 11 is 0. The van der Waals surface area contributed by atoms with Crippen LogP contribution in [-0.4, -0.2) is 12.1 Å². The molecule has 1 aliphatic carbocycles. The van der Waals surface area contributed by atoms with E-state index in [1.54, 1.807) is 6.54 Å². The molecule has 0 aliphatic heterocycles. The molecule has 3 heteroatoms. The van der Waals surface area contributed by atoms with Crippen LogP contribution in [0, 0.1) is 6.54 Å². The Balaban J connectivity index is 2.08. The molecule has 0 spiro atoms. The van der Waals surface area contributed by atoms with E-state index in [9.17, 15) is 4.79 Å². The lowest BCUT2D eigenvalue weighted by Gasteiger charge is -2.11. The number of amides is 2. The van der Waals surface area contributed by atoms with Crippen molar-refractivity contribution in [1.82, 2.24) is 10.6 Å². The third-order valence-corrected chi connectivity index (χ3v) is 2.13. The van der Waals surface area contributed by atoms with E-state index in [0.29, 0.717) is 6.04 Å². The van der Waals surface area contributed by atoms with Crippen LogP contribution in [-0.2, 0) is 0 Å². The zero-order valence-electron chi connectivity index (χ0n) is 7.60. The van der Waals surface area contributed by atoms with Crippen LogP contribution >= 0.6 is 0 Å². The number of rotatable bonds is 3. The van der Waals surface area contributed by atoms with Crippen molar-refractivity contribution in [2.24, 2.45) is 0 Å². The van der Waals surface area contributed by atoms with Gasteiger partial charge in [-0.3, -0.25) is 0 Å². The Kier molecular flexibility index (Phi) is 3.91. The molecule has 12 heavy (non-hydrogen) atoms. The minimum absolute atomic E-state index is 0.0521. The van der Waals surface area contributed by atoms with Gasteiger partial charge in [0, 0.05) is 6.04 Å². The van der Waals surface area contributed by atoms with Crippen molar-refractivity contribution < 1.29 is 4.79 Å². The highest BCUT2D eigenvalue weighted by atomic mass is 16.2. The van der Waals surface area contributed by atoms with Gasteiger partial charge in [-0.1, -0.05) is 19.8 Å². The smallest absolute Gasteiger partial charge is 0.315 e. The molecular weight excluding hydrogens is 152 g/mol. The van der Waals surface area contributed by atoms with E-state index in [4.69, 9.17) is 0 Å². The van der Waals surface area contributed by atoms with Gasteiger partial charge in [0.15, 0.2) is 0 Å². The summed E-state index contributed by atoms with van der Waals surface area (Å²) in [5.41, 5.74) is 0. The highest BCUT2D eigenvalue weighted by molar-refractivity contribution is 5.74. The molecule has 69 valence electrons. The molecule has 1 rings (SSSR count). The zero-order chi connectivity index (χ0) is 8.81. The van der Waals surface area contributed by atoms with E-state index >= 15 is 0 Å². The van der Waals surface area contributed by atoms with Crippen molar-refractivity contribution in [3.05, 3.63) is 6.54 Å². The molecule has 1 saturated carbocycles. The van der Waals surface area contributed by atoms with Gasteiger partial charge in [0.05, 0.1) is 6.54 Å². The first kappa shape index (κ1) is 9.36. The molecule has 3 nitrogen and oxygen atoms in total. The molecule has 0 unspecified atom stereocenters. The quantitative estimate of drug-likeness (QED) is 0.664. The fourth-order valence-electron chi connectivity index (χ4n) is 1.49. The molecule has 2 amide bonds. The summed E-state index contributed by atoms with van der Waals surface area (Å²) in [4.78, 5) is 11.1. The van der Waals surface area contributed by atoms with Gasteiger partial charge in [-0.15, -0.1) is 0 Å². The van der Waals surface area contributed by atoms with Gasteiger partial charge in [0.1, 0.15) is 0 Å². The van der Waals surface area contributed by atoms with E-state index in [1.807, 2.05) is 6.92 Å². The third-order valence-electron chi connectivity index (χ3n) is 2.13. The maximum absolute atomic E-state index is 11.1. The van der Waals surface area contributed by atoms with Crippen LogP contribution in [0.2, 0.25) is 0 Å². The maximum atomic E-state index is 11.1. The van der Waals surface area contributed by atoms with E-state index < -0.39 is 0 Å². The molecule has 0 bridgehead atoms. The van der Waals surface area contributed by atoms with Gasteiger partial charge in [-0.25, -0.2) is 4.79 Å². The number of nitrogens with one attached hydrogen (secondary N) is 2. The summed E-state index contributed by atoms with van der Waals surface area (Å²) in [5.74, 6) is 0. The molecule has 1 fully saturated rings. The molecule has 0 heterocycles. The Labute approximate surface area is 73.9 Å². The van der Waals surface area contributed by atoms with E-state index in [2.05, 4.69) is 10.6 Å². The molecule has 1 aliphatic rings. The topological polar surface area (TPSA) is 41.1 Å². The minimum atomic E-state index is -0.0521. The Bertz CT molecular complexity index is 141. The standard InChI is InChI=1S/C9H17N2O/c1-2-7-10-9(12)11-8-5-3-4-6-8/h7-8H,2-6H2,1H3,(H2,10,11,12). The number of hydrogen-bond donors (Lipinski definition) is 2. The Morgan fingerprint density at radius 2 is 2.17 bits per heavy atom. The van der Waals surface area contributed by atoms with Crippen LogP contribution < -0.4 is 10.6 Å². The second-order valence-corrected chi connectivity index (χ2v) is 3.21. The molecule has 1 radical (unpaired) electrons. The van der Waals surface area contributed by atoms with Gasteiger partial charge in [0.2, 0.25) is 0 Å². The molecule has 2 N–H and O–H groups in total. The van der Waals surface area contributed by atoms with Crippen molar-refractivity contribution >= 4 is 6.03 Å². The van der Waals surface area contributed by atoms with Crippen LogP contribution in [0.5, 0.6) is 0 Å². The van der Waals surface area contributed by atoms with Crippen molar-refractivity contribution in [2.75, 3.05) is 0 Å². The highest BCUT2D eigenvalue weighted by Gasteiger charge is 2.16. The average molecular weight is 169 g/mol. The van der Waals surface area contributed by atoms with E-state index in [0.717, 1.165) is 19.3 Å². The normalized spacial score (nSPS) is 17.8. The van der Waals surface area contributed by atoms with Gasteiger partial charge in [-0.2, -0.15) is 0 Å². The van der Waals surface area contributed by atoms with Crippen molar-refractivity contribution in [1.29, 1.82) is 0 Å². The molecule has 0 aromatic heterocycles. The second kappa shape index (κ2) is 5.01. The monoisotopic (exact) mass is 169 g/mol. The van der Waals surface area contributed by atoms with Crippen LogP contribution in [0.25, 0.3) is 0 Å². The Morgan fingerprint density at radius 3 is 2.75 bits per heavy atom. The van der Waals surface area contributed by atoms with Gasteiger partial charge in [0.25, 0.3) is 0 Å². The summed E-state index contributed by atoms with van der Waals surface area (Å²) in [6, 6.07) is 0.360. The molecule has 0 saturated heterocycles. The summed E-state index contributed by atoms with van der Waals surface area (Å²) < 4.78 is 0. The SMILES string of the molecule is CC[CH]NC(=O)NC1CCCC1. The summed E-state index contributed by atoms with van der Waals surface area (Å²) in [6.07, 6.45) is 5.65. The number of urea groups is 1. The van der Waals surface area contributed by atoms with Crippen LogP contribution in [0.4, 0.5) is 4.79 Å². The summed E-state index contributed by atoms with van der Waals surface area (Å²) in [7, 11) is 0. The first-order chi connectivity index (χ1) is 5.83. The fraction of sp³-hybridized carbons (Fsp3) is 0.778. The zero-order valence-corrected chi connectivity index (χ0v) is 7.60. The maximum Gasteiger partial charge on any atom is 0.315 e. The Morgan fingerprint density at radius 1 is 1.50 bits per heavy atom. The van der Waals surface area contributed by atoms with Crippen molar-refractivity contribution in [3.8, 4) is 0 Å². The van der Waals surface area contributed by atoms with E-state index in [-0.39, 0.29) is 6.03 Å². The van der Waals surface area contributed by atoms with Crippen LogP contribution in [0.3, 0.4) is 0 Å². The second-order valence-electron chi connectivity index (χ2n) is 3.21. The lowest BCUT2D eigenvalue weighted by molar-refractivity contribution is 0.239. The number of carbonyl (C=O) groups is 1. The number of hydrogen-bond acceptors (Lipinski definition) is 1. The van der Waals surface area contributed by atoms with Crippen molar-refractivity contribution in [2.45, 2.75) is 45.1 Å². The van der Waals surface area contributed by atoms with Gasteiger partial charge in [-0.05, 0) is 19.3 Å². The summed E-state index contributed by atoms with van der Waals surface area (Å²) in [5, 5.41) is 5.62. The molecular formula is C9H17N2O. The van der Waals surface area contributed by atoms with E-state index in [1.165, 1.54) is 12.8 Å². The van der Waals surface area contributed by atoms with Crippen molar-refractivity contribution in [3.63, 3.8) is 0 Å². The summed E-state index contributed by atoms with van der Waals surface area (Å²) in [6.45, 7) is 3.76. The third kappa shape index (κ3) is 3.11. The number of carbonyl (C=O) groups excluding carboxylic acids is 1. The first-order valence-electron chi connectivity index (χ1n) is 4.71. The first-order valence-corrected chi connectivity index (χ1v) is 4.71.